The van der Waals surface area contributed by atoms with Gasteiger partial charge in [-0.25, -0.2) is 0 Å². The molecule has 0 unspecified atom stereocenters. The Morgan fingerprint density at radius 3 is 2.48 bits per heavy atom. The Morgan fingerprint density at radius 1 is 1.26 bits per heavy atom. The molecular formula is C17H19F3N2O. The zero-order chi connectivity index (χ0) is 17.4. The maximum absolute atomic E-state index is 13.0. The molecule has 0 aliphatic rings. The van der Waals surface area contributed by atoms with Crippen LogP contribution in [-0.4, -0.2) is 10.5 Å². The Labute approximate surface area is 132 Å². The minimum absolute atomic E-state index is 0.0274. The molecule has 3 nitrogen and oxygen atoms in total. The van der Waals surface area contributed by atoms with Crippen molar-refractivity contribution in [2.75, 3.05) is 5.32 Å². The number of fused-ring (bicyclic) bond motifs is 1. The van der Waals surface area contributed by atoms with Crippen LogP contribution in [0.4, 0.5) is 18.9 Å². The normalized spacial score (nSPS) is 12.4. The van der Waals surface area contributed by atoms with Crippen molar-refractivity contribution in [1.29, 1.82) is 0 Å². The first kappa shape index (κ1) is 17.1. The lowest BCUT2D eigenvalue weighted by Gasteiger charge is -2.28. The van der Waals surface area contributed by atoms with Crippen LogP contribution in [-0.2, 0) is 6.18 Å². The fourth-order valence-electron chi connectivity index (χ4n) is 2.76. The van der Waals surface area contributed by atoms with Crippen molar-refractivity contribution < 1.29 is 13.2 Å². The lowest BCUT2D eigenvalue weighted by Crippen LogP contribution is -2.30. The summed E-state index contributed by atoms with van der Waals surface area (Å²) in [5.41, 5.74) is -0.218. The van der Waals surface area contributed by atoms with Crippen molar-refractivity contribution in [2.45, 2.75) is 38.9 Å². The Hall–Kier alpha value is -2.24. The highest BCUT2D eigenvalue weighted by Gasteiger charge is 2.33. The molecule has 0 bridgehead atoms. The number of hydrogen-bond acceptors (Lipinski definition) is 2. The summed E-state index contributed by atoms with van der Waals surface area (Å²) in [4.78, 5) is 14.0. The number of benzene rings is 1. The van der Waals surface area contributed by atoms with E-state index >= 15 is 0 Å². The van der Waals surface area contributed by atoms with Gasteiger partial charge in [-0.1, -0.05) is 11.6 Å². The van der Waals surface area contributed by atoms with E-state index < -0.39 is 17.3 Å². The van der Waals surface area contributed by atoms with Gasteiger partial charge in [-0.2, -0.15) is 13.2 Å². The van der Waals surface area contributed by atoms with E-state index in [9.17, 15) is 18.0 Å². The van der Waals surface area contributed by atoms with Gasteiger partial charge in [0.15, 0.2) is 0 Å². The molecule has 1 aromatic heterocycles. The monoisotopic (exact) mass is 324 g/mol. The largest absolute Gasteiger partial charge is 0.417 e. The lowest BCUT2D eigenvalue weighted by molar-refractivity contribution is -0.136. The molecule has 1 heterocycles. The van der Waals surface area contributed by atoms with Crippen molar-refractivity contribution in [3.05, 3.63) is 52.3 Å². The molecule has 0 aliphatic carbocycles. The van der Waals surface area contributed by atoms with Crippen molar-refractivity contribution >= 4 is 16.6 Å². The minimum Gasteiger partial charge on any atom is -0.380 e. The Balaban J connectivity index is 2.48. The predicted molar refractivity (Wildman–Crippen MR) is 86.7 cm³/mol. The zero-order valence-electron chi connectivity index (χ0n) is 13.3. The van der Waals surface area contributed by atoms with Gasteiger partial charge in [0.05, 0.1) is 11.1 Å². The quantitative estimate of drug-likeness (QED) is 0.801. The summed E-state index contributed by atoms with van der Waals surface area (Å²) in [6.07, 6.45) is -3.86. The van der Waals surface area contributed by atoms with Gasteiger partial charge < -0.3 is 10.3 Å². The third-order valence-corrected chi connectivity index (χ3v) is 3.37. The van der Waals surface area contributed by atoms with Crippen LogP contribution in [0.25, 0.3) is 10.9 Å². The van der Waals surface area contributed by atoms with Crippen LogP contribution >= 0.6 is 0 Å². The summed E-state index contributed by atoms with van der Waals surface area (Å²) in [6.45, 7) is 9.73. The summed E-state index contributed by atoms with van der Waals surface area (Å²) in [7, 11) is 0. The van der Waals surface area contributed by atoms with Crippen LogP contribution < -0.4 is 10.9 Å². The predicted octanol–water partition coefficient (Wildman–Crippen LogP) is 4.70. The second-order valence-electron chi connectivity index (χ2n) is 6.45. The van der Waals surface area contributed by atoms with Gasteiger partial charge in [0, 0.05) is 22.7 Å². The number of nitrogens with one attached hydrogen (secondary N) is 2. The average molecular weight is 324 g/mol. The number of anilines is 1. The SMILES string of the molecule is C=C(C)CC(C)(C)Nc1ccc2c(C(F)(F)F)cc(=O)[nH]c2c1. The molecule has 2 aromatic rings. The van der Waals surface area contributed by atoms with E-state index in [1.54, 1.807) is 6.07 Å². The number of hydrogen-bond donors (Lipinski definition) is 2. The highest BCUT2D eigenvalue weighted by Crippen LogP contribution is 2.34. The average Bonchev–Trinajstić information content (AvgIpc) is 2.33. The number of pyridine rings is 1. The molecule has 124 valence electrons. The second-order valence-corrected chi connectivity index (χ2v) is 6.45. The number of alkyl halides is 3. The van der Waals surface area contributed by atoms with Gasteiger partial charge >= 0.3 is 6.18 Å². The first-order valence-corrected chi connectivity index (χ1v) is 7.15. The summed E-state index contributed by atoms with van der Waals surface area (Å²) in [6, 6.07) is 5.05. The highest BCUT2D eigenvalue weighted by atomic mass is 19.4. The van der Waals surface area contributed by atoms with Crippen molar-refractivity contribution in [1.82, 2.24) is 4.98 Å². The van der Waals surface area contributed by atoms with Gasteiger partial charge in [0.1, 0.15) is 0 Å². The second kappa shape index (κ2) is 5.76. The number of rotatable bonds is 4. The molecule has 2 rings (SSSR count). The Kier molecular flexibility index (Phi) is 4.28. The first-order chi connectivity index (χ1) is 10.5. The number of H-pyrrole nitrogens is 1. The summed E-state index contributed by atoms with van der Waals surface area (Å²) in [5.74, 6) is 0. The van der Waals surface area contributed by atoms with E-state index in [-0.39, 0.29) is 16.4 Å². The molecule has 0 spiro atoms. The molecule has 6 heteroatoms. The third kappa shape index (κ3) is 4.15. The van der Waals surface area contributed by atoms with Crippen LogP contribution in [0.1, 0.15) is 32.8 Å². The molecule has 2 N–H and O–H groups in total. The topological polar surface area (TPSA) is 44.9 Å². The molecule has 0 aliphatic heterocycles. The van der Waals surface area contributed by atoms with Gasteiger partial charge in [0.25, 0.3) is 0 Å². The smallest absolute Gasteiger partial charge is 0.380 e. The maximum atomic E-state index is 13.0. The van der Waals surface area contributed by atoms with E-state index in [0.717, 1.165) is 5.57 Å². The third-order valence-electron chi connectivity index (χ3n) is 3.37. The standard InChI is InChI=1S/C17H19F3N2O/c1-10(2)9-16(3,4)22-11-5-6-12-13(17(18,19)20)8-15(23)21-14(12)7-11/h5-8,22H,1,9H2,2-4H3,(H,21,23). The number of aromatic nitrogens is 1. The van der Waals surface area contributed by atoms with E-state index in [1.807, 2.05) is 20.8 Å². The van der Waals surface area contributed by atoms with Crippen LogP contribution in [0.2, 0.25) is 0 Å². The first-order valence-electron chi connectivity index (χ1n) is 7.15. The minimum atomic E-state index is -4.57. The Bertz CT molecular complexity index is 804. The number of aromatic amines is 1. The molecular weight excluding hydrogens is 305 g/mol. The van der Waals surface area contributed by atoms with Crippen LogP contribution in [0.3, 0.4) is 0 Å². The summed E-state index contributed by atoms with van der Waals surface area (Å²) < 4.78 is 39.1. The van der Waals surface area contributed by atoms with Gasteiger partial charge in [-0.3, -0.25) is 4.79 Å². The van der Waals surface area contributed by atoms with Gasteiger partial charge in [-0.15, -0.1) is 6.58 Å². The van der Waals surface area contributed by atoms with E-state index in [1.165, 1.54) is 12.1 Å². The Morgan fingerprint density at radius 2 is 1.91 bits per heavy atom. The summed E-state index contributed by atoms with van der Waals surface area (Å²) >= 11 is 0. The lowest BCUT2D eigenvalue weighted by atomic mass is 9.96. The maximum Gasteiger partial charge on any atom is 0.417 e. The molecule has 1 aromatic carbocycles. The van der Waals surface area contributed by atoms with Crippen molar-refractivity contribution in [3.63, 3.8) is 0 Å². The fourth-order valence-corrected chi connectivity index (χ4v) is 2.76. The van der Waals surface area contributed by atoms with E-state index in [0.29, 0.717) is 18.2 Å². The van der Waals surface area contributed by atoms with Crippen LogP contribution in [0, 0.1) is 0 Å². The summed E-state index contributed by atoms with van der Waals surface area (Å²) in [5, 5.41) is 3.23. The zero-order valence-corrected chi connectivity index (χ0v) is 13.3. The molecule has 23 heavy (non-hydrogen) atoms. The number of halogens is 3. The van der Waals surface area contributed by atoms with Crippen LogP contribution in [0.5, 0.6) is 0 Å². The van der Waals surface area contributed by atoms with E-state index in [4.69, 9.17) is 0 Å². The van der Waals surface area contributed by atoms with Crippen molar-refractivity contribution in [3.8, 4) is 0 Å². The van der Waals surface area contributed by atoms with E-state index in [2.05, 4.69) is 16.9 Å². The fraction of sp³-hybridized carbons (Fsp3) is 0.353. The van der Waals surface area contributed by atoms with Gasteiger partial charge in [0.2, 0.25) is 5.56 Å². The molecule has 0 radical (unpaired) electrons. The molecule has 0 fully saturated rings. The molecule has 0 amide bonds. The molecule has 0 saturated carbocycles. The van der Waals surface area contributed by atoms with Crippen molar-refractivity contribution in [2.24, 2.45) is 0 Å². The van der Waals surface area contributed by atoms with Gasteiger partial charge in [-0.05, 0) is 39.3 Å². The van der Waals surface area contributed by atoms with Crippen LogP contribution in [0.15, 0.2) is 41.2 Å². The molecule has 0 atom stereocenters. The molecule has 0 saturated heterocycles. The highest BCUT2D eigenvalue weighted by molar-refractivity contribution is 5.85.